The van der Waals surface area contributed by atoms with Crippen molar-refractivity contribution in [2.24, 2.45) is 7.05 Å². The monoisotopic (exact) mass is 585 g/mol. The van der Waals surface area contributed by atoms with Gasteiger partial charge in [-0.3, -0.25) is 19.5 Å². The Morgan fingerprint density at radius 3 is 2.02 bits per heavy atom. The molecule has 0 unspecified atom stereocenters. The summed E-state index contributed by atoms with van der Waals surface area (Å²) in [5.41, 5.74) is 4.58. The number of aromatic nitrogens is 3. The molecule has 0 aliphatic carbocycles. The highest BCUT2D eigenvalue weighted by atomic mass is 19.1. The van der Waals surface area contributed by atoms with Crippen molar-refractivity contribution in [1.82, 2.24) is 14.8 Å². The molecule has 11 heteroatoms. The molecule has 218 valence electrons. The number of methoxy groups -OCH3 is 2. The van der Waals surface area contributed by atoms with Gasteiger partial charge in [0, 0.05) is 36.6 Å². The molecule has 6 rings (SSSR count). The second-order valence-corrected chi connectivity index (χ2v) is 10.0. The standard InChI is InChI=1S/C32H26F3N5O3/c1-18-24(17-38(2)37-18)25-13-26-21(15-36-25)16-39(31-29(34)27(42-3)14-28(43-4)30(31)35)32(41)40(26)23-11-7-20(8-12-23)19-5-9-22(33)10-6-19/h5-15,17H,16H2,1-4H3. The fourth-order valence-electron chi connectivity index (χ4n) is 5.24. The lowest BCUT2D eigenvalue weighted by Gasteiger charge is -2.37. The van der Waals surface area contributed by atoms with Crippen LogP contribution in [0.3, 0.4) is 0 Å². The number of hydrogen-bond acceptors (Lipinski definition) is 5. The molecule has 0 atom stereocenters. The predicted molar refractivity (Wildman–Crippen MR) is 156 cm³/mol. The molecule has 0 bridgehead atoms. The van der Waals surface area contributed by atoms with E-state index in [1.165, 1.54) is 31.3 Å². The molecule has 0 saturated heterocycles. The molecule has 0 radical (unpaired) electrons. The number of amides is 2. The first-order chi connectivity index (χ1) is 20.7. The van der Waals surface area contributed by atoms with Gasteiger partial charge in [-0.25, -0.2) is 18.0 Å². The van der Waals surface area contributed by atoms with E-state index in [0.29, 0.717) is 22.6 Å². The summed E-state index contributed by atoms with van der Waals surface area (Å²) < 4.78 is 56.6. The van der Waals surface area contributed by atoms with Crippen molar-refractivity contribution in [1.29, 1.82) is 0 Å². The third-order valence-corrected chi connectivity index (χ3v) is 7.37. The van der Waals surface area contributed by atoms with Gasteiger partial charge in [0.15, 0.2) is 23.1 Å². The first-order valence-electron chi connectivity index (χ1n) is 13.3. The van der Waals surface area contributed by atoms with Gasteiger partial charge in [0.1, 0.15) is 11.5 Å². The molecular formula is C32H26F3N5O3. The maximum absolute atomic E-state index is 15.6. The quantitative estimate of drug-likeness (QED) is 0.211. The Bertz CT molecular complexity index is 1830. The van der Waals surface area contributed by atoms with Crippen LogP contribution in [-0.2, 0) is 13.6 Å². The van der Waals surface area contributed by atoms with Gasteiger partial charge in [-0.2, -0.15) is 5.10 Å². The molecular weight excluding hydrogens is 559 g/mol. The normalized spacial score (nSPS) is 12.9. The maximum Gasteiger partial charge on any atom is 0.334 e. The average Bonchev–Trinajstić information content (AvgIpc) is 3.35. The number of hydrogen-bond donors (Lipinski definition) is 0. The number of rotatable bonds is 6. The summed E-state index contributed by atoms with van der Waals surface area (Å²) in [6.45, 7) is 1.69. The lowest BCUT2D eigenvalue weighted by atomic mass is 10.0. The van der Waals surface area contributed by atoms with Crippen LogP contribution >= 0.6 is 0 Å². The van der Waals surface area contributed by atoms with E-state index in [0.717, 1.165) is 33.4 Å². The molecule has 0 N–H and O–H groups in total. The van der Waals surface area contributed by atoms with Crippen molar-refractivity contribution in [3.63, 3.8) is 0 Å². The fourth-order valence-corrected chi connectivity index (χ4v) is 5.24. The van der Waals surface area contributed by atoms with Crippen LogP contribution in [0.5, 0.6) is 11.5 Å². The zero-order chi connectivity index (χ0) is 30.4. The van der Waals surface area contributed by atoms with Gasteiger partial charge < -0.3 is 9.47 Å². The van der Waals surface area contributed by atoms with Crippen molar-refractivity contribution < 1.29 is 27.4 Å². The minimum absolute atomic E-state index is 0.165. The Hall–Kier alpha value is -5.32. The molecule has 2 amide bonds. The van der Waals surface area contributed by atoms with E-state index in [1.54, 1.807) is 60.4 Å². The Morgan fingerprint density at radius 2 is 1.47 bits per heavy atom. The fraction of sp³-hybridized carbons (Fsp3) is 0.156. The maximum atomic E-state index is 15.6. The van der Waals surface area contributed by atoms with E-state index >= 15 is 8.78 Å². The van der Waals surface area contributed by atoms with Crippen molar-refractivity contribution in [2.75, 3.05) is 24.0 Å². The summed E-state index contributed by atoms with van der Waals surface area (Å²) in [7, 11) is 4.29. The number of urea groups is 1. The Morgan fingerprint density at radius 1 is 0.860 bits per heavy atom. The minimum Gasteiger partial charge on any atom is -0.493 e. The van der Waals surface area contributed by atoms with Gasteiger partial charge in [-0.05, 0) is 48.4 Å². The molecule has 0 saturated carbocycles. The summed E-state index contributed by atoms with van der Waals surface area (Å²) in [6, 6.07) is 15.2. The second-order valence-electron chi connectivity index (χ2n) is 10.0. The smallest absolute Gasteiger partial charge is 0.334 e. The Kier molecular flexibility index (Phi) is 7.01. The molecule has 3 heterocycles. The second kappa shape index (κ2) is 10.8. The van der Waals surface area contributed by atoms with Gasteiger partial charge >= 0.3 is 6.03 Å². The van der Waals surface area contributed by atoms with E-state index in [2.05, 4.69) is 10.1 Å². The number of carbonyl (C=O) groups is 1. The Labute approximate surface area is 245 Å². The number of ether oxygens (including phenoxy) is 2. The number of aryl methyl sites for hydroxylation is 2. The number of halogens is 3. The van der Waals surface area contributed by atoms with Gasteiger partial charge in [0.05, 0.1) is 43.5 Å². The van der Waals surface area contributed by atoms with Crippen LogP contribution in [0.2, 0.25) is 0 Å². The largest absolute Gasteiger partial charge is 0.493 e. The first-order valence-corrected chi connectivity index (χ1v) is 13.3. The van der Waals surface area contributed by atoms with E-state index in [-0.39, 0.29) is 23.9 Å². The van der Waals surface area contributed by atoms with Gasteiger partial charge in [0.25, 0.3) is 0 Å². The summed E-state index contributed by atoms with van der Waals surface area (Å²) in [6.07, 6.45) is 3.42. The van der Waals surface area contributed by atoms with Crippen LogP contribution in [-0.4, -0.2) is 35.0 Å². The van der Waals surface area contributed by atoms with Gasteiger partial charge in [-0.1, -0.05) is 24.3 Å². The van der Waals surface area contributed by atoms with Crippen molar-refractivity contribution >= 4 is 23.1 Å². The number of benzene rings is 3. The topological polar surface area (TPSA) is 72.7 Å². The molecule has 0 spiro atoms. The molecule has 1 aliphatic rings. The zero-order valence-corrected chi connectivity index (χ0v) is 23.7. The van der Waals surface area contributed by atoms with E-state index in [9.17, 15) is 9.18 Å². The third kappa shape index (κ3) is 4.82. The van der Waals surface area contributed by atoms with Crippen LogP contribution in [0.1, 0.15) is 11.3 Å². The minimum atomic E-state index is -1.04. The Balaban J connectivity index is 1.51. The molecule has 5 aromatic rings. The number of nitrogens with zero attached hydrogens (tertiary/aromatic N) is 5. The SMILES string of the molecule is COc1cc(OC)c(F)c(N2Cc3cnc(-c4cn(C)nc4C)cc3N(c3ccc(-c4ccc(F)cc4)cc3)C2=O)c1F. The zero-order valence-electron chi connectivity index (χ0n) is 23.7. The summed E-state index contributed by atoms with van der Waals surface area (Å²) in [5.74, 6) is -2.98. The van der Waals surface area contributed by atoms with E-state index in [4.69, 9.17) is 9.47 Å². The first kappa shape index (κ1) is 27.8. The van der Waals surface area contributed by atoms with Crippen LogP contribution in [0.25, 0.3) is 22.4 Å². The van der Waals surface area contributed by atoms with Crippen molar-refractivity contribution in [2.45, 2.75) is 13.5 Å². The van der Waals surface area contributed by atoms with Gasteiger partial charge in [-0.15, -0.1) is 0 Å². The number of anilines is 3. The highest BCUT2D eigenvalue weighted by Gasteiger charge is 2.38. The highest BCUT2D eigenvalue weighted by Crippen LogP contribution is 2.43. The lowest BCUT2D eigenvalue weighted by Crippen LogP contribution is -2.45. The third-order valence-electron chi connectivity index (χ3n) is 7.37. The summed E-state index contributed by atoms with van der Waals surface area (Å²) in [5, 5.41) is 4.40. The molecule has 2 aromatic heterocycles. The molecule has 3 aromatic carbocycles. The van der Waals surface area contributed by atoms with E-state index in [1.807, 2.05) is 13.1 Å². The number of fused-ring (bicyclic) bond motifs is 1. The summed E-state index contributed by atoms with van der Waals surface area (Å²) >= 11 is 0. The summed E-state index contributed by atoms with van der Waals surface area (Å²) in [4.78, 5) is 21.3. The van der Waals surface area contributed by atoms with Crippen molar-refractivity contribution in [3.05, 3.63) is 102 Å². The van der Waals surface area contributed by atoms with E-state index < -0.39 is 23.4 Å². The molecule has 43 heavy (non-hydrogen) atoms. The average molecular weight is 586 g/mol. The van der Waals surface area contributed by atoms with Crippen LogP contribution in [0.15, 0.2) is 73.1 Å². The number of pyridine rings is 1. The number of carbonyl (C=O) groups excluding carboxylic acids is 1. The van der Waals surface area contributed by atoms with Crippen LogP contribution < -0.4 is 19.3 Å². The molecule has 1 aliphatic heterocycles. The van der Waals surface area contributed by atoms with Crippen LogP contribution in [0, 0.1) is 24.4 Å². The highest BCUT2D eigenvalue weighted by molar-refractivity contribution is 6.11. The van der Waals surface area contributed by atoms with Gasteiger partial charge in [0.2, 0.25) is 0 Å². The molecule has 8 nitrogen and oxygen atoms in total. The van der Waals surface area contributed by atoms with Crippen molar-refractivity contribution in [3.8, 4) is 33.9 Å². The lowest BCUT2D eigenvalue weighted by molar-refractivity contribution is 0.251. The predicted octanol–water partition coefficient (Wildman–Crippen LogP) is 7.17. The van der Waals surface area contributed by atoms with Crippen LogP contribution in [0.4, 0.5) is 35.0 Å². The molecule has 0 fully saturated rings.